The Morgan fingerprint density at radius 1 is 1.32 bits per heavy atom. The molecule has 3 rings (SSSR count). The first-order chi connectivity index (χ1) is 9.38. The minimum absolute atomic E-state index is 0.0833. The highest BCUT2D eigenvalue weighted by molar-refractivity contribution is 5.32. The number of para-hydroxylation sites is 1. The van der Waals surface area contributed by atoms with Crippen molar-refractivity contribution < 1.29 is 4.74 Å². The van der Waals surface area contributed by atoms with E-state index < -0.39 is 0 Å². The number of nitrogens with zero attached hydrogens (tertiary/aromatic N) is 2. The van der Waals surface area contributed by atoms with Gasteiger partial charge in [-0.1, -0.05) is 18.2 Å². The molecule has 1 aliphatic rings. The molecule has 98 valence electrons. The predicted molar refractivity (Wildman–Crippen MR) is 74.0 cm³/mol. The van der Waals surface area contributed by atoms with E-state index in [0.29, 0.717) is 0 Å². The fourth-order valence-electron chi connectivity index (χ4n) is 2.32. The number of benzene rings is 1. The van der Waals surface area contributed by atoms with Crippen molar-refractivity contribution in [2.45, 2.75) is 12.5 Å². The van der Waals surface area contributed by atoms with Gasteiger partial charge in [-0.2, -0.15) is 5.10 Å². The van der Waals surface area contributed by atoms with Crippen LogP contribution in [0.4, 0.5) is 0 Å². The molecule has 2 aromatic rings. The van der Waals surface area contributed by atoms with Crippen LogP contribution in [-0.2, 0) is 4.74 Å². The van der Waals surface area contributed by atoms with Gasteiger partial charge in [-0.05, 0) is 25.3 Å². The minimum Gasteiger partial charge on any atom is -0.496 e. The molecule has 1 aliphatic heterocycles. The lowest BCUT2D eigenvalue weighted by molar-refractivity contribution is 0.218. The molecule has 0 aliphatic carbocycles. The summed E-state index contributed by atoms with van der Waals surface area (Å²) in [6, 6.07) is 10.2. The zero-order chi connectivity index (χ0) is 13.1. The first-order valence-corrected chi connectivity index (χ1v) is 6.48. The Kier molecular flexibility index (Phi) is 3.33. The Bertz CT molecular complexity index is 574. The Balaban J connectivity index is 1.88. The molecule has 0 spiro atoms. The van der Waals surface area contributed by atoms with E-state index in [1.165, 1.54) is 0 Å². The third-order valence-electron chi connectivity index (χ3n) is 3.26. The molecule has 0 bridgehead atoms. The molecule has 2 heterocycles. The standard InChI is InChI=1S/C15H17N3O/c1-16-15(14-8-5-9-19-14)12-10-17-18(11-12)13-6-3-2-4-7-13/h2-4,6-8,10-11,15-16H,5,9H2,1H3. The second-order valence-electron chi connectivity index (χ2n) is 4.52. The largest absolute Gasteiger partial charge is 0.496 e. The molecule has 0 radical (unpaired) electrons. The van der Waals surface area contributed by atoms with Crippen LogP contribution >= 0.6 is 0 Å². The molecule has 0 fully saturated rings. The highest BCUT2D eigenvalue weighted by atomic mass is 16.5. The van der Waals surface area contributed by atoms with E-state index >= 15 is 0 Å². The first-order valence-electron chi connectivity index (χ1n) is 6.48. The van der Waals surface area contributed by atoms with E-state index in [0.717, 1.165) is 30.0 Å². The molecule has 1 atom stereocenters. The summed E-state index contributed by atoms with van der Waals surface area (Å²) in [5, 5.41) is 7.70. The monoisotopic (exact) mass is 255 g/mol. The van der Waals surface area contributed by atoms with E-state index in [4.69, 9.17) is 4.74 Å². The van der Waals surface area contributed by atoms with Crippen LogP contribution in [0.3, 0.4) is 0 Å². The van der Waals surface area contributed by atoms with Crippen molar-refractivity contribution in [2.75, 3.05) is 13.7 Å². The summed E-state index contributed by atoms with van der Waals surface area (Å²) in [4.78, 5) is 0. The molecule has 1 unspecified atom stereocenters. The maximum atomic E-state index is 5.64. The summed E-state index contributed by atoms with van der Waals surface area (Å²) in [6.45, 7) is 0.778. The van der Waals surface area contributed by atoms with E-state index in [2.05, 4.69) is 16.5 Å². The number of rotatable bonds is 4. The Hall–Kier alpha value is -2.07. The molecular weight excluding hydrogens is 238 g/mol. The second kappa shape index (κ2) is 5.28. The van der Waals surface area contributed by atoms with Crippen LogP contribution in [0.2, 0.25) is 0 Å². The summed E-state index contributed by atoms with van der Waals surface area (Å²) >= 11 is 0. The van der Waals surface area contributed by atoms with Gasteiger partial charge >= 0.3 is 0 Å². The van der Waals surface area contributed by atoms with Crippen LogP contribution in [0.5, 0.6) is 0 Å². The topological polar surface area (TPSA) is 39.1 Å². The second-order valence-corrected chi connectivity index (χ2v) is 4.52. The summed E-state index contributed by atoms with van der Waals surface area (Å²) in [7, 11) is 1.94. The third-order valence-corrected chi connectivity index (χ3v) is 3.26. The van der Waals surface area contributed by atoms with E-state index in [1.54, 1.807) is 0 Å². The van der Waals surface area contributed by atoms with Crippen LogP contribution < -0.4 is 5.32 Å². The van der Waals surface area contributed by atoms with Crippen molar-refractivity contribution >= 4 is 0 Å². The lowest BCUT2D eigenvalue weighted by atomic mass is 10.1. The Labute approximate surface area is 112 Å². The molecular formula is C15H17N3O. The molecule has 1 aromatic heterocycles. The van der Waals surface area contributed by atoms with Crippen molar-refractivity contribution in [1.29, 1.82) is 0 Å². The van der Waals surface area contributed by atoms with Gasteiger partial charge in [0.15, 0.2) is 0 Å². The van der Waals surface area contributed by atoms with Gasteiger partial charge in [0.05, 0.1) is 24.5 Å². The van der Waals surface area contributed by atoms with Crippen LogP contribution in [0, 0.1) is 0 Å². The number of ether oxygens (including phenoxy) is 1. The van der Waals surface area contributed by atoms with Crippen molar-refractivity contribution in [2.24, 2.45) is 0 Å². The minimum atomic E-state index is 0.0833. The Morgan fingerprint density at radius 3 is 2.84 bits per heavy atom. The van der Waals surface area contributed by atoms with E-state index in [-0.39, 0.29) is 6.04 Å². The van der Waals surface area contributed by atoms with Crippen molar-refractivity contribution in [3.63, 3.8) is 0 Å². The maximum absolute atomic E-state index is 5.64. The van der Waals surface area contributed by atoms with Crippen molar-refractivity contribution in [3.8, 4) is 5.69 Å². The summed E-state index contributed by atoms with van der Waals surface area (Å²) in [6.07, 6.45) is 7.05. The number of aromatic nitrogens is 2. The average Bonchev–Trinajstić information content (AvgIpc) is 3.12. The molecule has 1 N–H and O–H groups in total. The smallest absolute Gasteiger partial charge is 0.114 e. The SMILES string of the molecule is CNC(C1=CCCO1)c1cnn(-c2ccccc2)c1. The average molecular weight is 255 g/mol. The fraction of sp³-hybridized carbons (Fsp3) is 0.267. The highest BCUT2D eigenvalue weighted by Crippen LogP contribution is 2.26. The molecule has 4 nitrogen and oxygen atoms in total. The number of likely N-dealkylation sites (N-methyl/N-ethyl adjacent to an activating group) is 1. The fourth-order valence-corrected chi connectivity index (χ4v) is 2.32. The van der Waals surface area contributed by atoms with Crippen LogP contribution in [-0.4, -0.2) is 23.4 Å². The van der Waals surface area contributed by atoms with Gasteiger partial charge in [0.2, 0.25) is 0 Å². The van der Waals surface area contributed by atoms with Gasteiger partial charge in [-0.3, -0.25) is 0 Å². The Morgan fingerprint density at radius 2 is 2.16 bits per heavy atom. The molecule has 0 saturated heterocycles. The number of nitrogens with one attached hydrogen (secondary N) is 1. The normalized spacial score (nSPS) is 15.9. The number of hydrogen-bond acceptors (Lipinski definition) is 3. The zero-order valence-corrected chi connectivity index (χ0v) is 10.9. The van der Waals surface area contributed by atoms with Gasteiger partial charge in [0, 0.05) is 18.2 Å². The van der Waals surface area contributed by atoms with Crippen LogP contribution in [0.1, 0.15) is 18.0 Å². The van der Waals surface area contributed by atoms with Gasteiger partial charge in [-0.25, -0.2) is 4.68 Å². The predicted octanol–water partition coefficient (Wildman–Crippen LogP) is 2.44. The quantitative estimate of drug-likeness (QED) is 0.912. The lowest BCUT2D eigenvalue weighted by Crippen LogP contribution is -2.18. The first kappa shape index (κ1) is 12.0. The zero-order valence-electron chi connectivity index (χ0n) is 10.9. The molecule has 0 saturated carbocycles. The van der Waals surface area contributed by atoms with Crippen LogP contribution in [0.15, 0.2) is 54.6 Å². The lowest BCUT2D eigenvalue weighted by Gasteiger charge is -2.15. The van der Waals surface area contributed by atoms with Crippen LogP contribution in [0.25, 0.3) is 5.69 Å². The molecule has 1 aromatic carbocycles. The van der Waals surface area contributed by atoms with Gasteiger partial charge in [0.1, 0.15) is 5.76 Å². The summed E-state index contributed by atoms with van der Waals surface area (Å²) in [5.41, 5.74) is 2.17. The molecule has 0 amide bonds. The summed E-state index contributed by atoms with van der Waals surface area (Å²) in [5.74, 6) is 0.995. The number of hydrogen-bond donors (Lipinski definition) is 1. The van der Waals surface area contributed by atoms with Gasteiger partial charge < -0.3 is 10.1 Å². The van der Waals surface area contributed by atoms with Crippen molar-refractivity contribution in [1.82, 2.24) is 15.1 Å². The van der Waals surface area contributed by atoms with Gasteiger partial charge in [-0.15, -0.1) is 0 Å². The maximum Gasteiger partial charge on any atom is 0.114 e. The highest BCUT2D eigenvalue weighted by Gasteiger charge is 2.20. The third kappa shape index (κ3) is 2.39. The summed E-state index contributed by atoms with van der Waals surface area (Å²) < 4.78 is 7.52. The van der Waals surface area contributed by atoms with E-state index in [1.807, 2.05) is 54.5 Å². The molecule has 4 heteroatoms. The molecule has 19 heavy (non-hydrogen) atoms. The van der Waals surface area contributed by atoms with E-state index in [9.17, 15) is 0 Å². The van der Waals surface area contributed by atoms with Crippen molar-refractivity contribution in [3.05, 3.63) is 60.1 Å². The van der Waals surface area contributed by atoms with Gasteiger partial charge in [0.25, 0.3) is 0 Å².